The van der Waals surface area contributed by atoms with Crippen molar-refractivity contribution in [3.05, 3.63) is 35.4 Å². The second-order valence-electron chi connectivity index (χ2n) is 15.0. The molecule has 1 aromatic carbocycles. The minimum atomic E-state index is -1.95. The van der Waals surface area contributed by atoms with E-state index in [0.717, 1.165) is 40.0 Å². The minimum Gasteiger partial charge on any atom is -0.481 e. The molecule has 11 N–H and O–H groups in total. The lowest BCUT2D eigenvalue weighted by Gasteiger charge is -2.25. The molecule has 0 aliphatic rings. The molecule has 3 amide bonds. The summed E-state index contributed by atoms with van der Waals surface area (Å²) in [5, 5.41) is 83.5. The van der Waals surface area contributed by atoms with Crippen molar-refractivity contribution in [2.24, 2.45) is 17.8 Å². The fraction of sp³-hybridized carbons (Fsp3) is 0.634. The molecule has 0 spiro atoms. The molecule has 21 nitrogen and oxygen atoms in total. The zero-order valence-electron chi connectivity index (χ0n) is 35.7. The predicted molar refractivity (Wildman–Crippen MR) is 231 cm³/mol. The summed E-state index contributed by atoms with van der Waals surface area (Å²) in [7, 11) is 2.09. The van der Waals surface area contributed by atoms with Gasteiger partial charge in [-0.05, 0) is 31.2 Å². The summed E-state index contributed by atoms with van der Waals surface area (Å²) in [6, 6.07) is 5.43. The molecule has 64 heavy (non-hydrogen) atoms. The van der Waals surface area contributed by atoms with Crippen LogP contribution in [0.25, 0.3) is 0 Å². The van der Waals surface area contributed by atoms with E-state index >= 15 is 0 Å². The SMILES string of the molecule is CCCc1ccc(C(=O)C[C@@H](CCC(=O)NCC(=O)OCCSSC[C@H](NC(=O)[C@H](CCC(=O)NC[C@H](O)[C@@H](O)[C@H](O)[C@H](O)CO)CC(=O)[C@@H](C)CCC(=O)O)C(=O)O)C(=O)O)cc1. The van der Waals surface area contributed by atoms with Crippen LogP contribution in [0, 0.1) is 17.8 Å². The number of hydrogen-bond acceptors (Lipinski definition) is 17. The Bertz CT molecular complexity index is 1700. The number of amides is 3. The van der Waals surface area contributed by atoms with Gasteiger partial charge in [0.05, 0.1) is 18.6 Å². The number of nitrogens with one attached hydrogen (secondary N) is 3. The second kappa shape index (κ2) is 31.3. The number of carboxylic acids is 3. The van der Waals surface area contributed by atoms with Gasteiger partial charge < -0.3 is 61.5 Å². The van der Waals surface area contributed by atoms with E-state index in [1.165, 1.54) is 6.92 Å². The number of aliphatic hydroxyl groups is 5. The average Bonchev–Trinajstić information content (AvgIpc) is 3.26. The Balaban J connectivity index is 2.62. The van der Waals surface area contributed by atoms with Crippen LogP contribution in [-0.4, -0.2) is 162 Å². The fourth-order valence-corrected chi connectivity index (χ4v) is 7.79. The van der Waals surface area contributed by atoms with Crippen LogP contribution in [0.3, 0.4) is 0 Å². The average molecular weight is 948 g/mol. The number of carboxylic acid groups (broad SMARTS) is 3. The molecule has 8 atom stereocenters. The maximum atomic E-state index is 13.3. The predicted octanol–water partition coefficient (Wildman–Crippen LogP) is -0.288. The highest BCUT2D eigenvalue weighted by atomic mass is 33.1. The standard InChI is InChI=1S/C41H61N3O18S2/c1-3-4-24-6-8-25(9-7-24)30(47)18-27(40(58)59)11-13-34(51)43-20-36(54)62-15-16-63-64-22-28(41(60)61)44-39(57)26(17-29(46)23(2)5-14-35(52)53)10-12-33(50)42-19-31(48)37(55)38(56)32(49)21-45/h6-9,23,26-28,31-32,37-38,45,48-49,55-56H,3-5,10-22H2,1-2H3,(H,42,50)(H,43,51)(H,44,57)(H,52,53)(H,58,59)(H,60,61)/t23-,26+,27+,28-,31-,32+,37+,38+/m0/s1. The van der Waals surface area contributed by atoms with E-state index in [2.05, 4.69) is 16.0 Å². The number of carbonyl (C=O) groups is 9. The van der Waals surface area contributed by atoms with Crippen LogP contribution in [0.1, 0.15) is 87.6 Å². The third kappa shape index (κ3) is 23.3. The largest absolute Gasteiger partial charge is 0.481 e. The Hall–Kier alpha value is -4.65. The first kappa shape index (κ1) is 57.4. The first-order valence-corrected chi connectivity index (χ1v) is 23.1. The first-order valence-electron chi connectivity index (χ1n) is 20.6. The van der Waals surface area contributed by atoms with Crippen molar-refractivity contribution in [3.63, 3.8) is 0 Å². The van der Waals surface area contributed by atoms with E-state index in [1.54, 1.807) is 12.1 Å². The van der Waals surface area contributed by atoms with Gasteiger partial charge in [0.1, 0.15) is 43.3 Å². The molecule has 0 heterocycles. The third-order valence-corrected chi connectivity index (χ3v) is 12.2. The Morgan fingerprint density at radius 3 is 1.92 bits per heavy atom. The van der Waals surface area contributed by atoms with Gasteiger partial charge in [-0.2, -0.15) is 0 Å². The Labute approximate surface area is 377 Å². The quantitative estimate of drug-likeness (QED) is 0.0180. The summed E-state index contributed by atoms with van der Waals surface area (Å²) < 4.78 is 5.06. The van der Waals surface area contributed by atoms with E-state index in [4.69, 9.17) is 14.9 Å². The summed E-state index contributed by atoms with van der Waals surface area (Å²) in [5.74, 6) is -11.0. The Kier molecular flexibility index (Phi) is 28.0. The molecule has 0 unspecified atom stereocenters. The summed E-state index contributed by atoms with van der Waals surface area (Å²) in [6.45, 7) is 1.30. The van der Waals surface area contributed by atoms with Crippen molar-refractivity contribution in [1.29, 1.82) is 0 Å². The highest BCUT2D eigenvalue weighted by Gasteiger charge is 2.32. The molecular formula is C41H61N3O18S2. The van der Waals surface area contributed by atoms with E-state index < -0.39 is 128 Å². The lowest BCUT2D eigenvalue weighted by atomic mass is 9.89. The van der Waals surface area contributed by atoms with Gasteiger partial charge in [-0.1, -0.05) is 66.1 Å². The molecule has 1 rings (SSSR count). The van der Waals surface area contributed by atoms with Crippen molar-refractivity contribution >= 4 is 74.8 Å². The van der Waals surface area contributed by atoms with Crippen molar-refractivity contribution < 1.29 is 88.7 Å². The number of esters is 1. The molecule has 0 saturated carbocycles. The molecule has 0 bridgehead atoms. The zero-order valence-corrected chi connectivity index (χ0v) is 37.4. The lowest BCUT2D eigenvalue weighted by molar-refractivity contribution is -0.144. The molecule has 0 aromatic heterocycles. The number of aliphatic hydroxyl groups excluding tert-OH is 5. The van der Waals surface area contributed by atoms with Crippen molar-refractivity contribution in [2.45, 2.75) is 109 Å². The number of rotatable bonds is 35. The second-order valence-corrected chi connectivity index (χ2v) is 17.6. The number of ketones is 2. The van der Waals surface area contributed by atoms with Crippen LogP contribution in [-0.2, 0) is 49.5 Å². The van der Waals surface area contributed by atoms with Gasteiger partial charge in [-0.25, -0.2) is 4.79 Å². The summed E-state index contributed by atoms with van der Waals surface area (Å²) in [5.41, 5.74) is 1.42. The van der Waals surface area contributed by atoms with Crippen molar-refractivity contribution in [1.82, 2.24) is 16.0 Å². The number of aryl methyl sites for hydroxylation is 1. The van der Waals surface area contributed by atoms with Gasteiger partial charge in [0.25, 0.3) is 0 Å². The van der Waals surface area contributed by atoms with E-state index in [0.29, 0.717) is 5.56 Å². The van der Waals surface area contributed by atoms with Gasteiger partial charge >= 0.3 is 23.9 Å². The number of aliphatic carboxylic acids is 3. The molecule has 1 aromatic rings. The number of Topliss-reactive ketones (excluding diaryl/α,β-unsaturated/α-hetero) is 2. The molecule has 0 radical (unpaired) electrons. The van der Waals surface area contributed by atoms with Crippen LogP contribution >= 0.6 is 21.6 Å². The van der Waals surface area contributed by atoms with E-state index in [-0.39, 0.29) is 62.4 Å². The van der Waals surface area contributed by atoms with Crippen LogP contribution in [0.5, 0.6) is 0 Å². The normalized spacial score (nSPS) is 14.9. The van der Waals surface area contributed by atoms with Gasteiger partial charge in [0, 0.05) is 67.6 Å². The number of benzene rings is 1. The monoisotopic (exact) mass is 947 g/mol. The Morgan fingerprint density at radius 1 is 0.734 bits per heavy atom. The first-order chi connectivity index (χ1) is 30.2. The topological polar surface area (TPSA) is 361 Å². The summed E-state index contributed by atoms with van der Waals surface area (Å²) in [4.78, 5) is 111. The summed E-state index contributed by atoms with van der Waals surface area (Å²) in [6.07, 6.45) is -7.91. The maximum Gasteiger partial charge on any atom is 0.327 e. The fourth-order valence-electron chi connectivity index (χ4n) is 5.81. The minimum absolute atomic E-state index is 0.0373. The number of carbonyl (C=O) groups excluding carboxylic acids is 6. The highest BCUT2D eigenvalue weighted by molar-refractivity contribution is 8.76. The van der Waals surface area contributed by atoms with Crippen molar-refractivity contribution in [2.75, 3.05) is 37.8 Å². The molecule has 0 fully saturated rings. The molecule has 360 valence electrons. The van der Waals surface area contributed by atoms with Gasteiger partial charge in [0.15, 0.2) is 5.78 Å². The number of hydrogen-bond donors (Lipinski definition) is 11. The molecular weight excluding hydrogens is 887 g/mol. The van der Waals surface area contributed by atoms with Gasteiger partial charge in [-0.15, -0.1) is 0 Å². The molecule has 23 heteroatoms. The van der Waals surface area contributed by atoms with Crippen LogP contribution in [0.15, 0.2) is 24.3 Å². The van der Waals surface area contributed by atoms with Gasteiger partial charge in [0.2, 0.25) is 17.7 Å². The Morgan fingerprint density at radius 2 is 1.34 bits per heavy atom. The number of ether oxygens (including phenoxy) is 1. The maximum absolute atomic E-state index is 13.3. The lowest BCUT2D eigenvalue weighted by Crippen LogP contribution is -2.49. The zero-order chi connectivity index (χ0) is 48.4. The summed E-state index contributed by atoms with van der Waals surface area (Å²) >= 11 is 0. The smallest absolute Gasteiger partial charge is 0.327 e. The van der Waals surface area contributed by atoms with Crippen LogP contribution in [0.2, 0.25) is 0 Å². The molecule has 0 saturated heterocycles. The van der Waals surface area contributed by atoms with E-state index in [1.807, 2.05) is 19.1 Å². The van der Waals surface area contributed by atoms with Crippen molar-refractivity contribution in [3.8, 4) is 0 Å². The van der Waals surface area contributed by atoms with Crippen LogP contribution < -0.4 is 16.0 Å². The molecule has 0 aliphatic heterocycles. The molecule has 0 aliphatic carbocycles. The van der Waals surface area contributed by atoms with Crippen LogP contribution in [0.4, 0.5) is 0 Å². The van der Waals surface area contributed by atoms with Gasteiger partial charge in [-0.3, -0.25) is 38.4 Å². The highest BCUT2D eigenvalue weighted by Crippen LogP contribution is 2.23. The van der Waals surface area contributed by atoms with E-state index in [9.17, 15) is 73.8 Å². The third-order valence-electron chi connectivity index (χ3n) is 9.82.